The highest BCUT2D eigenvalue weighted by atomic mass is 35.5. The number of anilines is 1. The van der Waals surface area contributed by atoms with Crippen LogP contribution in [0.15, 0.2) is 71.6 Å². The fourth-order valence-corrected chi connectivity index (χ4v) is 6.30. The van der Waals surface area contributed by atoms with Crippen molar-refractivity contribution in [3.05, 3.63) is 92.9 Å². The van der Waals surface area contributed by atoms with Gasteiger partial charge in [0.1, 0.15) is 12.6 Å². The van der Waals surface area contributed by atoms with Crippen LogP contribution >= 0.6 is 34.8 Å². The van der Waals surface area contributed by atoms with Crippen molar-refractivity contribution in [3.63, 3.8) is 0 Å². The Kier molecular flexibility index (Phi) is 11.9. The number of sulfonamides is 1. The van der Waals surface area contributed by atoms with Gasteiger partial charge in [-0.2, -0.15) is 0 Å². The normalized spacial score (nSPS) is 12.0. The van der Waals surface area contributed by atoms with Gasteiger partial charge >= 0.3 is 0 Å². The van der Waals surface area contributed by atoms with Gasteiger partial charge in [0, 0.05) is 28.2 Å². The highest BCUT2D eigenvalue weighted by Gasteiger charge is 2.34. The van der Waals surface area contributed by atoms with Gasteiger partial charge in [0.05, 0.1) is 10.6 Å². The third kappa shape index (κ3) is 8.61. The first-order chi connectivity index (χ1) is 19.5. The molecule has 11 heteroatoms. The molecule has 1 unspecified atom stereocenters. The van der Waals surface area contributed by atoms with Crippen LogP contribution in [0.25, 0.3) is 0 Å². The highest BCUT2D eigenvalue weighted by molar-refractivity contribution is 7.92. The largest absolute Gasteiger partial charge is 0.354 e. The second-order valence-corrected chi connectivity index (χ2v) is 12.8. The molecule has 0 spiro atoms. The summed E-state index contributed by atoms with van der Waals surface area (Å²) >= 11 is 18.5. The summed E-state index contributed by atoms with van der Waals surface area (Å²) in [6, 6.07) is 16.7. The van der Waals surface area contributed by atoms with Crippen LogP contribution < -0.4 is 9.62 Å². The number of carbonyl (C=O) groups is 2. The van der Waals surface area contributed by atoms with E-state index in [1.165, 1.54) is 29.2 Å². The summed E-state index contributed by atoms with van der Waals surface area (Å²) in [6.07, 6.45) is 2.00. The Morgan fingerprint density at radius 2 is 1.61 bits per heavy atom. The Labute approximate surface area is 257 Å². The monoisotopic (exact) mass is 637 g/mol. The molecule has 1 N–H and O–H groups in total. The first-order valence-corrected chi connectivity index (χ1v) is 15.9. The van der Waals surface area contributed by atoms with Crippen molar-refractivity contribution < 1.29 is 18.0 Å². The number of hydrogen-bond acceptors (Lipinski definition) is 4. The van der Waals surface area contributed by atoms with Crippen LogP contribution in [0.2, 0.25) is 15.1 Å². The second-order valence-electron chi connectivity index (χ2n) is 9.63. The molecule has 0 aromatic heterocycles. The van der Waals surface area contributed by atoms with E-state index >= 15 is 0 Å². The highest BCUT2D eigenvalue weighted by Crippen LogP contribution is 2.28. The second kappa shape index (κ2) is 14.9. The number of halogens is 3. The van der Waals surface area contributed by atoms with Gasteiger partial charge in [0.2, 0.25) is 11.8 Å². The van der Waals surface area contributed by atoms with Crippen LogP contribution in [-0.2, 0) is 26.2 Å². The summed E-state index contributed by atoms with van der Waals surface area (Å²) in [5, 5.41) is 4.05. The summed E-state index contributed by atoms with van der Waals surface area (Å²) < 4.78 is 28.9. The van der Waals surface area contributed by atoms with Gasteiger partial charge in [-0.1, -0.05) is 73.3 Å². The molecule has 7 nitrogen and oxygen atoms in total. The van der Waals surface area contributed by atoms with Crippen molar-refractivity contribution in [2.75, 3.05) is 17.4 Å². The average Bonchev–Trinajstić information content (AvgIpc) is 2.93. The molecule has 3 aromatic rings. The van der Waals surface area contributed by atoms with Gasteiger partial charge < -0.3 is 10.2 Å². The number of carbonyl (C=O) groups excluding carboxylic acids is 2. The molecule has 1 atom stereocenters. The van der Waals surface area contributed by atoms with Crippen molar-refractivity contribution >= 4 is 62.3 Å². The van der Waals surface area contributed by atoms with E-state index in [0.29, 0.717) is 39.3 Å². The molecular formula is C30H34Cl3N3O4S. The molecule has 0 saturated carbocycles. The van der Waals surface area contributed by atoms with Crippen LogP contribution in [0.3, 0.4) is 0 Å². The predicted octanol–water partition coefficient (Wildman–Crippen LogP) is 6.87. The van der Waals surface area contributed by atoms with E-state index in [0.717, 1.165) is 22.7 Å². The molecule has 0 saturated heterocycles. The fraction of sp³-hybridized carbons (Fsp3) is 0.333. The minimum Gasteiger partial charge on any atom is -0.354 e. The quantitative estimate of drug-likeness (QED) is 0.207. The van der Waals surface area contributed by atoms with Crippen LogP contribution in [0.1, 0.15) is 44.2 Å². The maximum Gasteiger partial charge on any atom is 0.264 e. The van der Waals surface area contributed by atoms with E-state index in [1.54, 1.807) is 43.3 Å². The molecule has 3 rings (SSSR count). The van der Waals surface area contributed by atoms with Gasteiger partial charge in [-0.3, -0.25) is 13.9 Å². The minimum atomic E-state index is -4.19. The summed E-state index contributed by atoms with van der Waals surface area (Å²) in [4.78, 5) is 28.7. The van der Waals surface area contributed by atoms with E-state index in [1.807, 2.05) is 19.9 Å². The Balaban J connectivity index is 2.06. The Morgan fingerprint density at radius 3 is 2.22 bits per heavy atom. The van der Waals surface area contributed by atoms with Crippen molar-refractivity contribution in [2.24, 2.45) is 0 Å². The smallest absolute Gasteiger partial charge is 0.264 e. The first-order valence-electron chi connectivity index (χ1n) is 13.3. The van der Waals surface area contributed by atoms with Crippen LogP contribution in [0.5, 0.6) is 0 Å². The Hall–Kier alpha value is -2.78. The molecular weight excluding hydrogens is 605 g/mol. The molecule has 0 aliphatic heterocycles. The van der Waals surface area contributed by atoms with Crippen LogP contribution in [0.4, 0.5) is 5.69 Å². The molecule has 220 valence electrons. The lowest BCUT2D eigenvalue weighted by Crippen LogP contribution is -2.52. The van der Waals surface area contributed by atoms with Gasteiger partial charge in [0.15, 0.2) is 0 Å². The van der Waals surface area contributed by atoms with Gasteiger partial charge in [-0.15, -0.1) is 0 Å². The Bertz CT molecular complexity index is 1470. The summed E-state index contributed by atoms with van der Waals surface area (Å²) in [5.74, 6) is -0.880. The van der Waals surface area contributed by atoms with E-state index in [4.69, 9.17) is 34.8 Å². The van der Waals surface area contributed by atoms with Crippen molar-refractivity contribution in [1.82, 2.24) is 10.2 Å². The number of nitrogens with one attached hydrogen (secondary N) is 1. The number of benzene rings is 3. The maximum atomic E-state index is 14.1. The molecule has 0 heterocycles. The SMILES string of the molecule is CCCCNC(=O)C(CC)N(Cc1ccc(Cl)cc1Cl)C(=O)CN(c1cccc(C)c1)S(=O)(=O)c1ccc(Cl)cc1. The molecule has 0 fully saturated rings. The zero-order valence-corrected chi connectivity index (χ0v) is 26.3. The van der Waals surface area contributed by atoms with E-state index in [-0.39, 0.29) is 17.3 Å². The van der Waals surface area contributed by atoms with Gasteiger partial charge in [-0.25, -0.2) is 8.42 Å². The Morgan fingerprint density at radius 1 is 0.927 bits per heavy atom. The first kappa shape index (κ1) is 32.7. The molecule has 2 amide bonds. The van der Waals surface area contributed by atoms with Crippen LogP contribution in [-0.4, -0.2) is 44.3 Å². The topological polar surface area (TPSA) is 86.8 Å². The number of hydrogen-bond donors (Lipinski definition) is 1. The summed E-state index contributed by atoms with van der Waals surface area (Å²) in [6.45, 7) is 5.56. The zero-order valence-electron chi connectivity index (χ0n) is 23.2. The number of amides is 2. The lowest BCUT2D eigenvalue weighted by atomic mass is 10.1. The van der Waals surface area contributed by atoms with Crippen molar-refractivity contribution in [2.45, 2.75) is 57.5 Å². The predicted molar refractivity (Wildman–Crippen MR) is 166 cm³/mol. The maximum absolute atomic E-state index is 14.1. The molecule has 0 aliphatic rings. The standard InChI is InChI=1S/C30H34Cl3N3O4S/c1-4-6-16-34-30(38)28(5-2)35(19-22-10-11-24(32)18-27(22)33)29(37)20-36(25-9-7-8-21(3)17-25)41(39,40)26-14-12-23(31)13-15-26/h7-15,17-18,28H,4-6,16,19-20H2,1-3H3,(H,34,38). The van der Waals surface area contributed by atoms with E-state index in [9.17, 15) is 18.0 Å². The van der Waals surface area contributed by atoms with Gasteiger partial charge in [-0.05, 0) is 79.4 Å². The van der Waals surface area contributed by atoms with Crippen molar-refractivity contribution in [1.29, 1.82) is 0 Å². The fourth-order valence-electron chi connectivity index (χ4n) is 4.30. The molecule has 0 aliphatic carbocycles. The van der Waals surface area contributed by atoms with E-state index < -0.39 is 28.5 Å². The molecule has 0 radical (unpaired) electrons. The third-order valence-electron chi connectivity index (χ3n) is 6.54. The summed E-state index contributed by atoms with van der Waals surface area (Å²) in [5.41, 5.74) is 1.71. The number of rotatable bonds is 13. The number of unbranched alkanes of at least 4 members (excludes halogenated alkanes) is 1. The van der Waals surface area contributed by atoms with Crippen LogP contribution in [0, 0.1) is 6.92 Å². The average molecular weight is 639 g/mol. The number of aryl methyl sites for hydroxylation is 1. The zero-order chi connectivity index (χ0) is 30.2. The van der Waals surface area contributed by atoms with E-state index in [2.05, 4.69) is 5.32 Å². The lowest BCUT2D eigenvalue weighted by Gasteiger charge is -2.33. The summed E-state index contributed by atoms with van der Waals surface area (Å²) in [7, 11) is -4.19. The molecule has 0 bridgehead atoms. The number of nitrogens with zero attached hydrogens (tertiary/aromatic N) is 2. The molecule has 41 heavy (non-hydrogen) atoms. The van der Waals surface area contributed by atoms with Crippen molar-refractivity contribution in [3.8, 4) is 0 Å². The minimum absolute atomic E-state index is 0.0167. The molecule has 3 aromatic carbocycles. The van der Waals surface area contributed by atoms with Gasteiger partial charge in [0.25, 0.3) is 10.0 Å². The third-order valence-corrected chi connectivity index (χ3v) is 9.17. The lowest BCUT2D eigenvalue weighted by molar-refractivity contribution is -0.140.